The summed E-state index contributed by atoms with van der Waals surface area (Å²) in [6, 6.07) is 7.42. The van der Waals surface area contributed by atoms with Gasteiger partial charge in [-0.05, 0) is 42.5 Å². The molecule has 0 aliphatic heterocycles. The SMILES string of the molecule is Cc1cccc(NC(=O)NC(C(=O)O)c2cccs2)c1C. The first-order valence-corrected chi connectivity index (χ1v) is 7.27. The summed E-state index contributed by atoms with van der Waals surface area (Å²) in [5.74, 6) is -1.09. The van der Waals surface area contributed by atoms with Crippen molar-refractivity contribution < 1.29 is 14.7 Å². The molecule has 1 heterocycles. The Bertz CT molecular complexity index is 653. The third-order valence-electron chi connectivity index (χ3n) is 3.20. The number of aliphatic carboxylic acids is 1. The Morgan fingerprint density at radius 3 is 2.57 bits per heavy atom. The number of rotatable bonds is 4. The number of nitrogens with one attached hydrogen (secondary N) is 2. The second-order valence-electron chi connectivity index (χ2n) is 4.63. The fraction of sp³-hybridized carbons (Fsp3) is 0.200. The van der Waals surface area contributed by atoms with E-state index in [1.54, 1.807) is 23.6 Å². The summed E-state index contributed by atoms with van der Waals surface area (Å²) in [5.41, 5.74) is 2.68. The van der Waals surface area contributed by atoms with Gasteiger partial charge in [-0.1, -0.05) is 18.2 Å². The molecule has 2 aromatic rings. The topological polar surface area (TPSA) is 78.4 Å². The number of hydrogen-bond donors (Lipinski definition) is 3. The summed E-state index contributed by atoms with van der Waals surface area (Å²) in [6.07, 6.45) is 0. The van der Waals surface area contributed by atoms with Crippen molar-refractivity contribution in [3.05, 3.63) is 51.7 Å². The monoisotopic (exact) mass is 304 g/mol. The largest absolute Gasteiger partial charge is 0.479 e. The summed E-state index contributed by atoms with van der Waals surface area (Å²) >= 11 is 1.29. The minimum absolute atomic E-state index is 0.537. The zero-order valence-corrected chi connectivity index (χ0v) is 12.5. The van der Waals surface area contributed by atoms with E-state index in [1.807, 2.05) is 26.0 Å². The normalized spacial score (nSPS) is 11.7. The summed E-state index contributed by atoms with van der Waals surface area (Å²) in [6.45, 7) is 3.85. The minimum atomic E-state index is -1.09. The van der Waals surface area contributed by atoms with Crippen LogP contribution in [-0.2, 0) is 4.79 Å². The lowest BCUT2D eigenvalue weighted by Crippen LogP contribution is -2.36. The highest BCUT2D eigenvalue weighted by molar-refractivity contribution is 7.10. The van der Waals surface area contributed by atoms with E-state index in [0.717, 1.165) is 11.1 Å². The highest BCUT2D eigenvalue weighted by atomic mass is 32.1. The Hall–Kier alpha value is -2.34. The highest BCUT2D eigenvalue weighted by Crippen LogP contribution is 2.21. The first-order chi connectivity index (χ1) is 9.99. The Morgan fingerprint density at radius 2 is 1.95 bits per heavy atom. The van der Waals surface area contributed by atoms with Crippen molar-refractivity contribution in [2.24, 2.45) is 0 Å². The van der Waals surface area contributed by atoms with Crippen LogP contribution in [0.15, 0.2) is 35.7 Å². The van der Waals surface area contributed by atoms with Crippen molar-refractivity contribution in [1.82, 2.24) is 5.32 Å². The quantitative estimate of drug-likeness (QED) is 0.811. The molecule has 3 N–H and O–H groups in total. The van der Waals surface area contributed by atoms with E-state index >= 15 is 0 Å². The fourth-order valence-electron chi connectivity index (χ4n) is 1.89. The average Bonchev–Trinajstić information content (AvgIpc) is 2.95. The number of amides is 2. The number of urea groups is 1. The van der Waals surface area contributed by atoms with Crippen molar-refractivity contribution in [3.8, 4) is 0 Å². The van der Waals surface area contributed by atoms with Gasteiger partial charge >= 0.3 is 12.0 Å². The molecule has 0 aliphatic rings. The first-order valence-electron chi connectivity index (χ1n) is 6.39. The van der Waals surface area contributed by atoms with Crippen LogP contribution < -0.4 is 10.6 Å². The Labute approximate surface area is 126 Å². The third-order valence-corrected chi connectivity index (χ3v) is 4.14. The lowest BCUT2D eigenvalue weighted by molar-refractivity contribution is -0.139. The number of carbonyl (C=O) groups is 2. The molecule has 1 aromatic heterocycles. The lowest BCUT2D eigenvalue weighted by atomic mass is 10.1. The molecule has 0 radical (unpaired) electrons. The Balaban J connectivity index is 2.10. The van der Waals surface area contributed by atoms with Gasteiger partial charge in [-0.3, -0.25) is 0 Å². The second-order valence-corrected chi connectivity index (χ2v) is 5.61. The van der Waals surface area contributed by atoms with Gasteiger partial charge in [0.15, 0.2) is 6.04 Å². The van der Waals surface area contributed by atoms with Gasteiger partial charge in [-0.25, -0.2) is 9.59 Å². The Morgan fingerprint density at radius 1 is 1.19 bits per heavy atom. The number of anilines is 1. The maximum Gasteiger partial charge on any atom is 0.331 e. The molecule has 1 aromatic carbocycles. The molecule has 5 nitrogen and oxygen atoms in total. The van der Waals surface area contributed by atoms with Crippen LogP contribution in [0.1, 0.15) is 22.0 Å². The molecule has 1 unspecified atom stereocenters. The van der Waals surface area contributed by atoms with E-state index in [0.29, 0.717) is 10.6 Å². The second kappa shape index (κ2) is 6.41. The number of carbonyl (C=O) groups excluding carboxylic acids is 1. The number of carboxylic acids is 1. The van der Waals surface area contributed by atoms with Gasteiger partial charge in [0, 0.05) is 10.6 Å². The van der Waals surface area contributed by atoms with Crippen molar-refractivity contribution in [3.63, 3.8) is 0 Å². The maximum atomic E-state index is 12.0. The van der Waals surface area contributed by atoms with Crippen LogP contribution >= 0.6 is 11.3 Å². The molecule has 2 rings (SSSR count). The van der Waals surface area contributed by atoms with E-state index in [4.69, 9.17) is 0 Å². The van der Waals surface area contributed by atoms with Gasteiger partial charge in [-0.2, -0.15) is 0 Å². The van der Waals surface area contributed by atoms with Crippen LogP contribution in [-0.4, -0.2) is 17.1 Å². The lowest BCUT2D eigenvalue weighted by Gasteiger charge is -2.15. The van der Waals surface area contributed by atoms with E-state index < -0.39 is 18.0 Å². The maximum absolute atomic E-state index is 12.0. The zero-order valence-electron chi connectivity index (χ0n) is 11.7. The molecule has 110 valence electrons. The predicted octanol–water partition coefficient (Wildman–Crippen LogP) is 3.31. The van der Waals surface area contributed by atoms with Gasteiger partial charge in [0.2, 0.25) is 0 Å². The average molecular weight is 304 g/mol. The standard InChI is InChI=1S/C15H16N2O3S/c1-9-5-3-6-11(10(9)2)16-15(20)17-13(14(18)19)12-7-4-8-21-12/h3-8,13H,1-2H3,(H,18,19)(H2,16,17,20). The van der Waals surface area contributed by atoms with Gasteiger partial charge in [-0.15, -0.1) is 11.3 Å². The van der Waals surface area contributed by atoms with E-state index in [9.17, 15) is 14.7 Å². The molecule has 2 amide bonds. The minimum Gasteiger partial charge on any atom is -0.479 e. The molecular weight excluding hydrogens is 288 g/mol. The van der Waals surface area contributed by atoms with E-state index in [1.165, 1.54) is 11.3 Å². The summed E-state index contributed by atoms with van der Waals surface area (Å²) in [7, 11) is 0. The number of hydrogen-bond acceptors (Lipinski definition) is 3. The van der Waals surface area contributed by atoms with Crippen molar-refractivity contribution >= 4 is 29.0 Å². The molecule has 0 fully saturated rings. The van der Waals surface area contributed by atoms with Crippen LogP contribution in [0.2, 0.25) is 0 Å². The van der Waals surface area contributed by atoms with Crippen LogP contribution in [0, 0.1) is 13.8 Å². The van der Waals surface area contributed by atoms with Gasteiger partial charge in [0.1, 0.15) is 0 Å². The van der Waals surface area contributed by atoms with Crippen LogP contribution in [0.5, 0.6) is 0 Å². The molecule has 0 saturated carbocycles. The van der Waals surface area contributed by atoms with Crippen LogP contribution in [0.3, 0.4) is 0 Å². The third kappa shape index (κ3) is 3.61. The number of thiophene rings is 1. The van der Waals surface area contributed by atoms with Crippen molar-refractivity contribution in [1.29, 1.82) is 0 Å². The smallest absolute Gasteiger partial charge is 0.331 e. The van der Waals surface area contributed by atoms with Gasteiger partial charge in [0.25, 0.3) is 0 Å². The molecule has 0 bridgehead atoms. The van der Waals surface area contributed by atoms with Crippen LogP contribution in [0.4, 0.5) is 10.5 Å². The molecular formula is C15H16N2O3S. The number of aryl methyl sites for hydroxylation is 1. The molecule has 21 heavy (non-hydrogen) atoms. The Kier molecular flexibility index (Phi) is 4.59. The van der Waals surface area contributed by atoms with Gasteiger partial charge in [0.05, 0.1) is 0 Å². The first kappa shape index (κ1) is 15.1. The number of benzene rings is 1. The molecule has 0 aliphatic carbocycles. The summed E-state index contributed by atoms with van der Waals surface area (Å²) < 4.78 is 0. The summed E-state index contributed by atoms with van der Waals surface area (Å²) in [4.78, 5) is 23.9. The van der Waals surface area contributed by atoms with E-state index in [-0.39, 0.29) is 0 Å². The van der Waals surface area contributed by atoms with Crippen LogP contribution in [0.25, 0.3) is 0 Å². The molecule has 1 atom stereocenters. The highest BCUT2D eigenvalue weighted by Gasteiger charge is 2.23. The zero-order chi connectivity index (χ0) is 15.4. The molecule has 6 heteroatoms. The molecule has 0 saturated heterocycles. The number of carboxylic acid groups (broad SMARTS) is 1. The summed E-state index contributed by atoms with van der Waals surface area (Å²) in [5, 5.41) is 16.2. The van der Waals surface area contributed by atoms with Crippen molar-refractivity contribution in [2.45, 2.75) is 19.9 Å². The van der Waals surface area contributed by atoms with Gasteiger partial charge < -0.3 is 15.7 Å². The predicted molar refractivity (Wildman–Crippen MR) is 82.8 cm³/mol. The van der Waals surface area contributed by atoms with Crippen molar-refractivity contribution in [2.75, 3.05) is 5.32 Å². The fourth-order valence-corrected chi connectivity index (χ4v) is 2.65. The molecule has 0 spiro atoms. The van der Waals surface area contributed by atoms with E-state index in [2.05, 4.69) is 10.6 Å².